The predicted molar refractivity (Wildman–Crippen MR) is 105 cm³/mol. The van der Waals surface area contributed by atoms with Crippen molar-refractivity contribution in [3.63, 3.8) is 0 Å². The summed E-state index contributed by atoms with van der Waals surface area (Å²) in [7, 11) is 0. The lowest BCUT2D eigenvalue weighted by Gasteiger charge is -2.19. The van der Waals surface area contributed by atoms with Crippen molar-refractivity contribution in [1.82, 2.24) is 16.0 Å². The van der Waals surface area contributed by atoms with Crippen molar-refractivity contribution >= 4 is 17.8 Å². The second-order valence-electron chi connectivity index (χ2n) is 6.83. The number of rotatable bonds is 5. The smallest absolute Gasteiger partial charge is 0.322 e. The number of urea groups is 1. The largest absolute Gasteiger partial charge is 0.356 e. The summed E-state index contributed by atoms with van der Waals surface area (Å²) in [5, 5.41) is 7.41. The van der Waals surface area contributed by atoms with E-state index in [1.165, 1.54) is 6.92 Å². The van der Waals surface area contributed by atoms with Crippen LogP contribution in [0.1, 0.15) is 30.0 Å². The van der Waals surface area contributed by atoms with Crippen LogP contribution in [0, 0.1) is 11.8 Å². The summed E-state index contributed by atoms with van der Waals surface area (Å²) in [5.41, 5.74) is 1.72. The summed E-state index contributed by atoms with van der Waals surface area (Å²) in [5.74, 6) is 5.48. The van der Waals surface area contributed by atoms with Crippen LogP contribution in [0.4, 0.5) is 4.79 Å². The highest BCUT2D eigenvalue weighted by atomic mass is 16.2. The molecule has 2 aromatic carbocycles. The van der Waals surface area contributed by atoms with Gasteiger partial charge in [0.15, 0.2) is 0 Å². The maximum atomic E-state index is 12.1. The van der Waals surface area contributed by atoms with Crippen molar-refractivity contribution in [3.05, 3.63) is 71.3 Å². The fourth-order valence-electron chi connectivity index (χ4n) is 2.90. The van der Waals surface area contributed by atoms with Gasteiger partial charge in [-0.1, -0.05) is 42.2 Å². The Morgan fingerprint density at radius 2 is 1.75 bits per heavy atom. The third-order valence-corrected chi connectivity index (χ3v) is 4.42. The molecule has 1 fully saturated rings. The predicted octanol–water partition coefficient (Wildman–Crippen LogP) is 1.73. The highest BCUT2D eigenvalue weighted by molar-refractivity contribution is 6.08. The molecule has 0 aromatic heterocycles. The first-order valence-electron chi connectivity index (χ1n) is 9.01. The topological polar surface area (TPSA) is 87.3 Å². The Bertz CT molecular complexity index is 960. The van der Waals surface area contributed by atoms with E-state index in [9.17, 15) is 14.4 Å². The SMILES string of the molecule is CC1(CC(=O)NCCc2cccc(C#Cc3ccccc3)c2)NC(=O)NC1=O. The number of hydrogen-bond acceptors (Lipinski definition) is 3. The van der Waals surface area contributed by atoms with Gasteiger partial charge in [-0.2, -0.15) is 0 Å². The van der Waals surface area contributed by atoms with Crippen LogP contribution >= 0.6 is 0 Å². The first kappa shape index (κ1) is 19.2. The minimum absolute atomic E-state index is 0.104. The number of hydrogen-bond donors (Lipinski definition) is 3. The van der Waals surface area contributed by atoms with E-state index in [1.54, 1.807) is 0 Å². The fraction of sp³-hybridized carbons (Fsp3) is 0.227. The summed E-state index contributed by atoms with van der Waals surface area (Å²) in [4.78, 5) is 35.1. The zero-order valence-electron chi connectivity index (χ0n) is 15.5. The Morgan fingerprint density at radius 3 is 2.46 bits per heavy atom. The van der Waals surface area contributed by atoms with E-state index in [-0.39, 0.29) is 12.3 Å². The summed E-state index contributed by atoms with van der Waals surface area (Å²) < 4.78 is 0. The van der Waals surface area contributed by atoms with Crippen LogP contribution in [0.25, 0.3) is 0 Å². The molecule has 1 atom stereocenters. The number of nitrogens with one attached hydrogen (secondary N) is 3. The second-order valence-corrected chi connectivity index (χ2v) is 6.83. The van der Waals surface area contributed by atoms with Gasteiger partial charge >= 0.3 is 6.03 Å². The molecule has 0 saturated carbocycles. The third-order valence-electron chi connectivity index (χ3n) is 4.42. The van der Waals surface area contributed by atoms with E-state index in [0.717, 1.165) is 16.7 Å². The molecular formula is C22H21N3O3. The molecule has 1 unspecified atom stereocenters. The summed E-state index contributed by atoms with van der Waals surface area (Å²) >= 11 is 0. The minimum atomic E-state index is -1.20. The molecule has 6 heteroatoms. The lowest BCUT2D eigenvalue weighted by atomic mass is 9.98. The minimum Gasteiger partial charge on any atom is -0.356 e. The molecule has 28 heavy (non-hydrogen) atoms. The maximum absolute atomic E-state index is 12.1. The van der Waals surface area contributed by atoms with Crippen molar-refractivity contribution in [1.29, 1.82) is 0 Å². The normalized spacial score (nSPS) is 17.9. The van der Waals surface area contributed by atoms with Crippen LogP contribution in [0.15, 0.2) is 54.6 Å². The van der Waals surface area contributed by atoms with Crippen LogP contribution < -0.4 is 16.0 Å². The van der Waals surface area contributed by atoms with Crippen molar-refractivity contribution in [2.45, 2.75) is 25.3 Å². The molecule has 0 aliphatic carbocycles. The van der Waals surface area contributed by atoms with E-state index in [4.69, 9.17) is 0 Å². The highest BCUT2D eigenvalue weighted by Crippen LogP contribution is 2.14. The molecule has 1 aliphatic rings. The molecule has 4 amide bonds. The van der Waals surface area contributed by atoms with Gasteiger partial charge in [0.05, 0.1) is 6.42 Å². The van der Waals surface area contributed by atoms with Gasteiger partial charge < -0.3 is 10.6 Å². The average Bonchev–Trinajstić information content (AvgIpc) is 2.92. The Kier molecular flexibility index (Phi) is 5.75. The van der Waals surface area contributed by atoms with Crippen LogP contribution in [0.2, 0.25) is 0 Å². The molecule has 1 aliphatic heterocycles. The number of benzene rings is 2. The Hall–Kier alpha value is -3.59. The van der Waals surface area contributed by atoms with Gasteiger partial charge in [0, 0.05) is 17.7 Å². The molecule has 0 radical (unpaired) electrons. The first-order chi connectivity index (χ1) is 13.4. The third kappa shape index (κ3) is 4.98. The molecule has 1 saturated heterocycles. The maximum Gasteiger partial charge on any atom is 0.322 e. The number of carbonyl (C=O) groups excluding carboxylic acids is 3. The van der Waals surface area contributed by atoms with Crippen molar-refractivity contribution in [3.8, 4) is 11.8 Å². The zero-order chi connectivity index (χ0) is 20.0. The zero-order valence-corrected chi connectivity index (χ0v) is 15.5. The van der Waals surface area contributed by atoms with E-state index in [0.29, 0.717) is 13.0 Å². The Morgan fingerprint density at radius 1 is 1.04 bits per heavy atom. The molecule has 0 bridgehead atoms. The first-order valence-corrected chi connectivity index (χ1v) is 9.01. The molecule has 1 heterocycles. The van der Waals surface area contributed by atoms with Gasteiger partial charge in [-0.25, -0.2) is 4.79 Å². The molecule has 3 N–H and O–H groups in total. The molecule has 6 nitrogen and oxygen atoms in total. The fourth-order valence-corrected chi connectivity index (χ4v) is 2.90. The lowest BCUT2D eigenvalue weighted by molar-refractivity contribution is -0.129. The Labute approximate surface area is 163 Å². The molecule has 2 aromatic rings. The van der Waals surface area contributed by atoms with Crippen molar-refractivity contribution in [2.75, 3.05) is 6.54 Å². The molecule has 142 valence electrons. The van der Waals surface area contributed by atoms with Gasteiger partial charge in [-0.05, 0) is 43.2 Å². The number of amides is 4. The number of carbonyl (C=O) groups is 3. The van der Waals surface area contributed by atoms with Crippen LogP contribution in [0.5, 0.6) is 0 Å². The Balaban J connectivity index is 1.51. The molecular weight excluding hydrogens is 354 g/mol. The second kappa shape index (κ2) is 8.40. The van der Waals surface area contributed by atoms with Gasteiger partial charge in [0.2, 0.25) is 5.91 Å². The van der Waals surface area contributed by atoms with Gasteiger partial charge in [-0.15, -0.1) is 0 Å². The van der Waals surface area contributed by atoms with Gasteiger partial charge in [-0.3, -0.25) is 14.9 Å². The standard InChI is InChI=1S/C22H21N3O3/c1-22(20(27)24-21(28)25-22)15-19(26)23-13-12-18-9-5-8-17(14-18)11-10-16-6-3-2-4-7-16/h2-9,14H,12-13,15H2,1H3,(H,23,26)(H2,24,25,27,28). The molecule has 0 spiro atoms. The van der Waals surface area contributed by atoms with Crippen molar-refractivity contribution in [2.24, 2.45) is 0 Å². The highest BCUT2D eigenvalue weighted by Gasteiger charge is 2.43. The monoisotopic (exact) mass is 375 g/mol. The summed E-state index contributed by atoms with van der Waals surface area (Å²) in [6, 6.07) is 17.0. The lowest BCUT2D eigenvalue weighted by Crippen LogP contribution is -2.47. The quantitative estimate of drug-likeness (QED) is 0.549. The average molecular weight is 375 g/mol. The molecule has 3 rings (SSSR count). The van der Waals surface area contributed by atoms with Crippen LogP contribution in [0.3, 0.4) is 0 Å². The van der Waals surface area contributed by atoms with E-state index in [1.807, 2.05) is 54.6 Å². The van der Waals surface area contributed by atoms with E-state index >= 15 is 0 Å². The van der Waals surface area contributed by atoms with Crippen molar-refractivity contribution < 1.29 is 14.4 Å². The van der Waals surface area contributed by atoms with Crippen LogP contribution in [-0.4, -0.2) is 29.9 Å². The summed E-state index contributed by atoms with van der Waals surface area (Å²) in [6.45, 7) is 1.96. The number of imide groups is 1. The van der Waals surface area contributed by atoms with Gasteiger partial charge in [0.1, 0.15) is 5.54 Å². The van der Waals surface area contributed by atoms with E-state index < -0.39 is 17.5 Å². The summed E-state index contributed by atoms with van der Waals surface area (Å²) in [6.07, 6.45) is 0.537. The van der Waals surface area contributed by atoms with Crippen LogP contribution in [-0.2, 0) is 16.0 Å². The van der Waals surface area contributed by atoms with E-state index in [2.05, 4.69) is 27.8 Å². The van der Waals surface area contributed by atoms with Gasteiger partial charge in [0.25, 0.3) is 5.91 Å².